The first-order valence-electron chi connectivity index (χ1n) is 8.39. The van der Waals surface area contributed by atoms with Crippen LogP contribution in [-0.4, -0.2) is 59.5 Å². The van der Waals surface area contributed by atoms with E-state index in [0.717, 1.165) is 44.8 Å². The highest BCUT2D eigenvalue weighted by atomic mass is 19.1. The molecule has 2 fully saturated rings. The third-order valence-electron chi connectivity index (χ3n) is 4.70. The number of pyridine rings is 1. The molecule has 0 radical (unpaired) electrons. The van der Waals surface area contributed by atoms with Crippen LogP contribution in [0.5, 0.6) is 5.88 Å². The molecule has 0 N–H and O–H groups in total. The second-order valence-electron chi connectivity index (χ2n) is 6.63. The highest BCUT2D eigenvalue weighted by Gasteiger charge is 2.28. The van der Waals surface area contributed by atoms with E-state index in [1.54, 1.807) is 12.1 Å². The highest BCUT2D eigenvalue weighted by Crippen LogP contribution is 2.19. The molecule has 1 amide bonds. The summed E-state index contributed by atoms with van der Waals surface area (Å²) in [6, 6.07) is 4.54. The first-order valence-corrected chi connectivity index (χ1v) is 8.39. The van der Waals surface area contributed by atoms with Crippen LogP contribution in [0.3, 0.4) is 0 Å². The van der Waals surface area contributed by atoms with Crippen LogP contribution in [0.1, 0.15) is 26.2 Å². The molecule has 23 heavy (non-hydrogen) atoms. The second-order valence-corrected chi connectivity index (χ2v) is 6.63. The maximum atomic E-state index is 13.1. The van der Waals surface area contributed by atoms with E-state index in [1.165, 1.54) is 6.07 Å². The van der Waals surface area contributed by atoms with E-state index in [1.807, 2.05) is 4.90 Å². The lowest BCUT2D eigenvalue weighted by molar-refractivity contribution is -0.133. The molecule has 3 rings (SSSR count). The van der Waals surface area contributed by atoms with Crippen LogP contribution in [0.4, 0.5) is 4.39 Å². The Balaban J connectivity index is 1.45. The molecule has 0 bridgehead atoms. The van der Waals surface area contributed by atoms with Gasteiger partial charge in [0.2, 0.25) is 17.7 Å². The fraction of sp³-hybridized carbons (Fsp3) is 0.647. The number of hydrogen-bond donors (Lipinski definition) is 0. The zero-order chi connectivity index (χ0) is 16.2. The van der Waals surface area contributed by atoms with Crippen LogP contribution < -0.4 is 4.74 Å². The molecular formula is C17H24FN3O2. The van der Waals surface area contributed by atoms with Crippen LogP contribution in [0, 0.1) is 11.9 Å². The number of carbonyl (C=O) groups is 1. The zero-order valence-corrected chi connectivity index (χ0v) is 13.6. The minimum atomic E-state index is -0.535. The maximum absolute atomic E-state index is 13.1. The van der Waals surface area contributed by atoms with Crippen molar-refractivity contribution in [3.8, 4) is 5.88 Å². The molecule has 1 aromatic rings. The van der Waals surface area contributed by atoms with Crippen molar-refractivity contribution >= 4 is 5.91 Å². The van der Waals surface area contributed by atoms with Crippen molar-refractivity contribution in [2.75, 3.05) is 32.7 Å². The van der Waals surface area contributed by atoms with Gasteiger partial charge in [-0.1, -0.05) is 13.0 Å². The van der Waals surface area contributed by atoms with Gasteiger partial charge in [0.1, 0.15) is 6.10 Å². The molecule has 1 aromatic heterocycles. The minimum Gasteiger partial charge on any atom is -0.473 e. The van der Waals surface area contributed by atoms with Crippen molar-refractivity contribution in [1.29, 1.82) is 0 Å². The number of rotatable bonds is 4. The first-order chi connectivity index (χ1) is 11.1. The van der Waals surface area contributed by atoms with Crippen LogP contribution in [-0.2, 0) is 4.79 Å². The van der Waals surface area contributed by atoms with E-state index in [2.05, 4.69) is 16.8 Å². The Morgan fingerprint density at radius 1 is 1.30 bits per heavy atom. The van der Waals surface area contributed by atoms with Gasteiger partial charge in [-0.25, -0.2) is 0 Å². The van der Waals surface area contributed by atoms with Gasteiger partial charge in [-0.05, 0) is 31.2 Å². The summed E-state index contributed by atoms with van der Waals surface area (Å²) < 4.78 is 18.8. The lowest BCUT2D eigenvalue weighted by atomic mass is 9.99. The molecule has 6 heteroatoms. The fourth-order valence-electron chi connectivity index (χ4n) is 3.21. The summed E-state index contributed by atoms with van der Waals surface area (Å²) in [5.41, 5.74) is 0. The van der Waals surface area contributed by atoms with E-state index in [-0.39, 0.29) is 12.0 Å². The van der Waals surface area contributed by atoms with E-state index < -0.39 is 5.95 Å². The Morgan fingerprint density at radius 2 is 2.09 bits per heavy atom. The average Bonchev–Trinajstić information content (AvgIpc) is 2.95. The number of hydrogen-bond acceptors (Lipinski definition) is 4. The van der Waals surface area contributed by atoms with Crippen LogP contribution in [0.2, 0.25) is 0 Å². The van der Waals surface area contributed by atoms with Crippen LogP contribution >= 0.6 is 0 Å². The number of amides is 1. The Morgan fingerprint density at radius 3 is 2.83 bits per heavy atom. The van der Waals surface area contributed by atoms with Crippen molar-refractivity contribution in [1.82, 2.24) is 14.8 Å². The lowest BCUT2D eigenvalue weighted by Gasteiger charge is -2.31. The molecule has 2 saturated heterocycles. The molecule has 5 nitrogen and oxygen atoms in total. The number of carbonyl (C=O) groups excluding carboxylic acids is 1. The Labute approximate surface area is 136 Å². The third kappa shape index (κ3) is 4.41. The molecule has 0 saturated carbocycles. The van der Waals surface area contributed by atoms with Crippen LogP contribution in [0.25, 0.3) is 0 Å². The topological polar surface area (TPSA) is 45.7 Å². The summed E-state index contributed by atoms with van der Waals surface area (Å²) >= 11 is 0. The summed E-state index contributed by atoms with van der Waals surface area (Å²) in [4.78, 5) is 20.2. The largest absolute Gasteiger partial charge is 0.473 e. The van der Waals surface area contributed by atoms with E-state index in [4.69, 9.17) is 4.74 Å². The number of nitrogens with zero attached hydrogens (tertiary/aromatic N) is 3. The van der Waals surface area contributed by atoms with Crippen molar-refractivity contribution in [2.45, 2.75) is 32.3 Å². The summed E-state index contributed by atoms with van der Waals surface area (Å²) in [6.07, 6.45) is 3.01. The van der Waals surface area contributed by atoms with E-state index >= 15 is 0 Å². The molecule has 126 valence electrons. The quantitative estimate of drug-likeness (QED) is 0.795. The zero-order valence-electron chi connectivity index (χ0n) is 13.6. The third-order valence-corrected chi connectivity index (χ3v) is 4.70. The maximum Gasteiger partial charge on any atom is 0.236 e. The molecule has 2 aliphatic heterocycles. The summed E-state index contributed by atoms with van der Waals surface area (Å²) in [7, 11) is 0. The lowest BCUT2D eigenvalue weighted by Crippen LogP contribution is -2.43. The Hall–Kier alpha value is -1.69. The predicted octanol–water partition coefficient (Wildman–Crippen LogP) is 1.93. The number of aromatic nitrogens is 1. The standard InChI is InChI=1S/C17H24FN3O2/c1-13-5-9-21(10-6-13)17(22)12-20-8-7-14(11-20)23-16-4-2-3-15(18)19-16/h2-4,13-14H,5-12H2,1H3. The molecular weight excluding hydrogens is 297 g/mol. The fourth-order valence-corrected chi connectivity index (χ4v) is 3.21. The second kappa shape index (κ2) is 7.25. The highest BCUT2D eigenvalue weighted by molar-refractivity contribution is 5.78. The van der Waals surface area contributed by atoms with Gasteiger partial charge >= 0.3 is 0 Å². The average molecular weight is 321 g/mol. The van der Waals surface area contributed by atoms with Gasteiger partial charge in [0, 0.05) is 32.2 Å². The van der Waals surface area contributed by atoms with Gasteiger partial charge in [0.25, 0.3) is 0 Å². The number of piperidine rings is 1. The van der Waals surface area contributed by atoms with Crippen molar-refractivity contribution in [3.05, 3.63) is 24.1 Å². The van der Waals surface area contributed by atoms with Gasteiger partial charge in [-0.3, -0.25) is 9.69 Å². The molecule has 1 unspecified atom stereocenters. The first kappa shape index (κ1) is 16.2. The van der Waals surface area contributed by atoms with Crippen molar-refractivity contribution in [2.24, 2.45) is 5.92 Å². The van der Waals surface area contributed by atoms with Gasteiger partial charge in [0.05, 0.1) is 6.54 Å². The smallest absolute Gasteiger partial charge is 0.236 e. The van der Waals surface area contributed by atoms with Crippen LogP contribution in [0.15, 0.2) is 18.2 Å². The van der Waals surface area contributed by atoms with Crippen molar-refractivity contribution in [3.63, 3.8) is 0 Å². The number of ether oxygens (including phenoxy) is 1. The summed E-state index contributed by atoms with van der Waals surface area (Å²) in [5, 5.41) is 0. The van der Waals surface area contributed by atoms with Gasteiger partial charge in [0.15, 0.2) is 0 Å². The summed E-state index contributed by atoms with van der Waals surface area (Å²) in [6.45, 7) is 5.96. The van der Waals surface area contributed by atoms with Gasteiger partial charge in [-0.2, -0.15) is 9.37 Å². The molecule has 0 spiro atoms. The normalized spacial score (nSPS) is 23.2. The van der Waals surface area contributed by atoms with E-state index in [0.29, 0.717) is 19.0 Å². The number of likely N-dealkylation sites (tertiary alicyclic amines) is 2. The monoisotopic (exact) mass is 321 g/mol. The Kier molecular flexibility index (Phi) is 5.10. The van der Waals surface area contributed by atoms with Gasteiger partial charge in [-0.15, -0.1) is 0 Å². The molecule has 0 aromatic carbocycles. The molecule has 0 aliphatic carbocycles. The Bertz CT molecular complexity index is 546. The SMILES string of the molecule is CC1CCN(C(=O)CN2CCC(Oc3cccc(F)n3)C2)CC1. The number of halogens is 1. The molecule has 1 atom stereocenters. The van der Waals surface area contributed by atoms with E-state index in [9.17, 15) is 9.18 Å². The predicted molar refractivity (Wildman–Crippen MR) is 84.6 cm³/mol. The summed E-state index contributed by atoms with van der Waals surface area (Å²) in [5.74, 6) is 0.712. The molecule has 2 aliphatic rings. The van der Waals surface area contributed by atoms with Crippen molar-refractivity contribution < 1.29 is 13.9 Å². The molecule has 3 heterocycles. The minimum absolute atomic E-state index is 0.0292. The van der Waals surface area contributed by atoms with Gasteiger partial charge < -0.3 is 9.64 Å².